The Morgan fingerprint density at radius 2 is 1.86 bits per heavy atom. The van der Waals surface area contributed by atoms with E-state index in [9.17, 15) is 14.4 Å². The van der Waals surface area contributed by atoms with E-state index in [0.717, 1.165) is 5.56 Å². The van der Waals surface area contributed by atoms with Gasteiger partial charge in [-0.05, 0) is 17.7 Å². The molecule has 28 heavy (non-hydrogen) atoms. The smallest absolute Gasteiger partial charge is 0.323 e. The number of hydrogen-bond acceptors (Lipinski definition) is 3. The summed E-state index contributed by atoms with van der Waals surface area (Å²) in [5, 5.41) is 8.22. The van der Waals surface area contributed by atoms with Crippen molar-refractivity contribution in [3.05, 3.63) is 72.8 Å². The SMILES string of the molecule is C=CCNC(=O)[C@H](Cc1ccccc1)NC(=O)N1CC(=O)Nc2ccccc21. The fourth-order valence-corrected chi connectivity index (χ4v) is 3.00. The summed E-state index contributed by atoms with van der Waals surface area (Å²) in [6.45, 7) is 3.77. The van der Waals surface area contributed by atoms with E-state index >= 15 is 0 Å². The van der Waals surface area contributed by atoms with Crippen molar-refractivity contribution in [1.82, 2.24) is 10.6 Å². The molecule has 1 heterocycles. The van der Waals surface area contributed by atoms with E-state index in [4.69, 9.17) is 0 Å². The molecular formula is C21H22N4O3. The van der Waals surface area contributed by atoms with Gasteiger partial charge in [0.15, 0.2) is 0 Å². The van der Waals surface area contributed by atoms with Crippen LogP contribution in [0.5, 0.6) is 0 Å². The maximum atomic E-state index is 12.9. The highest BCUT2D eigenvalue weighted by atomic mass is 16.2. The van der Waals surface area contributed by atoms with Gasteiger partial charge in [0.25, 0.3) is 0 Å². The Balaban J connectivity index is 1.79. The van der Waals surface area contributed by atoms with Crippen LogP contribution in [0.4, 0.5) is 16.2 Å². The van der Waals surface area contributed by atoms with Crippen molar-refractivity contribution in [2.24, 2.45) is 0 Å². The average molecular weight is 378 g/mol. The first kappa shape index (κ1) is 19.2. The number of urea groups is 1. The van der Waals surface area contributed by atoms with Crippen LogP contribution < -0.4 is 20.9 Å². The van der Waals surface area contributed by atoms with Crippen molar-refractivity contribution in [3.63, 3.8) is 0 Å². The van der Waals surface area contributed by atoms with Crippen LogP contribution in [0.25, 0.3) is 0 Å². The number of carbonyl (C=O) groups is 3. The van der Waals surface area contributed by atoms with Gasteiger partial charge in [0, 0.05) is 13.0 Å². The zero-order valence-corrected chi connectivity index (χ0v) is 15.4. The predicted molar refractivity (Wildman–Crippen MR) is 108 cm³/mol. The third kappa shape index (κ3) is 4.56. The molecule has 0 radical (unpaired) electrons. The highest BCUT2D eigenvalue weighted by Crippen LogP contribution is 2.28. The van der Waals surface area contributed by atoms with Crippen LogP contribution in [0.1, 0.15) is 5.56 Å². The van der Waals surface area contributed by atoms with Gasteiger partial charge in [-0.15, -0.1) is 6.58 Å². The van der Waals surface area contributed by atoms with Gasteiger partial charge in [0.2, 0.25) is 11.8 Å². The molecule has 3 rings (SSSR count). The van der Waals surface area contributed by atoms with Gasteiger partial charge in [-0.2, -0.15) is 0 Å². The Morgan fingerprint density at radius 1 is 1.14 bits per heavy atom. The summed E-state index contributed by atoms with van der Waals surface area (Å²) < 4.78 is 0. The summed E-state index contributed by atoms with van der Waals surface area (Å²) in [5.41, 5.74) is 2.06. The van der Waals surface area contributed by atoms with Crippen molar-refractivity contribution >= 4 is 29.2 Å². The van der Waals surface area contributed by atoms with Gasteiger partial charge >= 0.3 is 6.03 Å². The quantitative estimate of drug-likeness (QED) is 0.672. The summed E-state index contributed by atoms with van der Waals surface area (Å²) in [6, 6.07) is 15.2. The fraction of sp³-hybridized carbons (Fsp3) is 0.190. The van der Waals surface area contributed by atoms with Gasteiger partial charge < -0.3 is 16.0 Å². The second kappa shape index (κ2) is 8.85. The van der Waals surface area contributed by atoms with E-state index in [1.54, 1.807) is 30.3 Å². The number of rotatable bonds is 6. The molecule has 0 saturated carbocycles. The molecule has 144 valence electrons. The molecule has 0 unspecified atom stereocenters. The third-order valence-corrected chi connectivity index (χ3v) is 4.33. The predicted octanol–water partition coefficient (Wildman–Crippen LogP) is 2.07. The highest BCUT2D eigenvalue weighted by molar-refractivity contribution is 6.10. The Hall–Kier alpha value is -3.61. The normalized spacial score (nSPS) is 13.7. The van der Waals surface area contributed by atoms with Gasteiger partial charge in [0.05, 0.1) is 11.4 Å². The molecule has 0 aromatic heterocycles. The number of amides is 4. The van der Waals surface area contributed by atoms with Crippen LogP contribution in [0.15, 0.2) is 67.3 Å². The fourth-order valence-electron chi connectivity index (χ4n) is 3.00. The first-order valence-corrected chi connectivity index (χ1v) is 8.98. The molecule has 0 spiro atoms. The van der Waals surface area contributed by atoms with E-state index in [1.165, 1.54) is 4.90 Å². The molecule has 0 saturated heterocycles. The van der Waals surface area contributed by atoms with Crippen LogP contribution in [-0.2, 0) is 16.0 Å². The molecule has 1 aliphatic rings. The number of hydrogen-bond donors (Lipinski definition) is 3. The number of fused-ring (bicyclic) bond motifs is 1. The van der Waals surface area contributed by atoms with Crippen molar-refractivity contribution in [1.29, 1.82) is 0 Å². The summed E-state index contributed by atoms with van der Waals surface area (Å²) in [7, 11) is 0. The minimum atomic E-state index is -0.785. The monoisotopic (exact) mass is 378 g/mol. The number of para-hydroxylation sites is 2. The summed E-state index contributed by atoms with van der Waals surface area (Å²) >= 11 is 0. The molecule has 4 amide bonds. The van der Waals surface area contributed by atoms with Gasteiger partial charge in [0.1, 0.15) is 12.6 Å². The molecule has 1 aliphatic heterocycles. The van der Waals surface area contributed by atoms with E-state index in [0.29, 0.717) is 24.3 Å². The van der Waals surface area contributed by atoms with Crippen LogP contribution in [0.2, 0.25) is 0 Å². The summed E-state index contributed by atoms with van der Waals surface area (Å²) in [5.74, 6) is -0.601. The number of nitrogens with zero attached hydrogens (tertiary/aromatic N) is 1. The molecule has 0 bridgehead atoms. The number of carbonyl (C=O) groups excluding carboxylic acids is 3. The molecule has 0 aliphatic carbocycles. The van der Waals surface area contributed by atoms with Crippen LogP contribution in [0.3, 0.4) is 0 Å². The Kier molecular flexibility index (Phi) is 6.06. The zero-order valence-electron chi connectivity index (χ0n) is 15.4. The lowest BCUT2D eigenvalue weighted by molar-refractivity contribution is -0.122. The minimum Gasteiger partial charge on any atom is -0.351 e. The zero-order chi connectivity index (χ0) is 19.9. The molecule has 7 heteroatoms. The number of anilines is 2. The third-order valence-electron chi connectivity index (χ3n) is 4.33. The average Bonchev–Trinajstić information content (AvgIpc) is 2.71. The van der Waals surface area contributed by atoms with Crippen LogP contribution in [-0.4, -0.2) is 37.0 Å². The van der Waals surface area contributed by atoms with E-state index in [1.807, 2.05) is 30.3 Å². The van der Waals surface area contributed by atoms with Crippen molar-refractivity contribution in [3.8, 4) is 0 Å². The summed E-state index contributed by atoms with van der Waals surface area (Å²) in [6.07, 6.45) is 1.90. The standard InChI is InChI=1S/C21H22N4O3/c1-2-12-22-20(27)17(13-15-8-4-3-5-9-15)24-21(28)25-14-19(26)23-16-10-6-7-11-18(16)25/h2-11,17H,1,12-14H2,(H,22,27)(H,23,26)(H,24,28)/t17-/m0/s1. The molecular weight excluding hydrogens is 356 g/mol. The first-order chi connectivity index (χ1) is 13.6. The van der Waals surface area contributed by atoms with Crippen molar-refractivity contribution in [2.45, 2.75) is 12.5 Å². The van der Waals surface area contributed by atoms with Gasteiger partial charge in [-0.1, -0.05) is 48.5 Å². The lowest BCUT2D eigenvalue weighted by Crippen LogP contribution is -2.54. The second-order valence-corrected chi connectivity index (χ2v) is 6.38. The second-order valence-electron chi connectivity index (χ2n) is 6.38. The molecule has 3 N–H and O–H groups in total. The maximum Gasteiger partial charge on any atom is 0.323 e. The molecule has 1 atom stereocenters. The molecule has 7 nitrogen and oxygen atoms in total. The van der Waals surface area contributed by atoms with E-state index in [-0.39, 0.29) is 18.4 Å². The summed E-state index contributed by atoms with van der Waals surface area (Å²) in [4.78, 5) is 38.8. The lowest BCUT2D eigenvalue weighted by atomic mass is 10.1. The molecule has 2 aromatic rings. The molecule has 2 aromatic carbocycles. The van der Waals surface area contributed by atoms with Crippen molar-refractivity contribution in [2.75, 3.05) is 23.3 Å². The first-order valence-electron chi connectivity index (χ1n) is 8.98. The van der Waals surface area contributed by atoms with E-state index in [2.05, 4.69) is 22.5 Å². The Bertz CT molecular complexity index is 882. The van der Waals surface area contributed by atoms with Crippen LogP contribution in [0, 0.1) is 0 Å². The topological polar surface area (TPSA) is 90.5 Å². The van der Waals surface area contributed by atoms with Crippen molar-refractivity contribution < 1.29 is 14.4 Å². The largest absolute Gasteiger partial charge is 0.351 e. The highest BCUT2D eigenvalue weighted by Gasteiger charge is 2.29. The lowest BCUT2D eigenvalue weighted by Gasteiger charge is -2.30. The van der Waals surface area contributed by atoms with Gasteiger partial charge in [-0.25, -0.2) is 4.79 Å². The van der Waals surface area contributed by atoms with Gasteiger partial charge in [-0.3, -0.25) is 14.5 Å². The number of benzene rings is 2. The van der Waals surface area contributed by atoms with E-state index < -0.39 is 12.1 Å². The minimum absolute atomic E-state index is 0.116. The maximum absolute atomic E-state index is 12.9. The Morgan fingerprint density at radius 3 is 2.61 bits per heavy atom. The number of nitrogens with one attached hydrogen (secondary N) is 3. The Labute approximate surface area is 163 Å². The molecule has 0 fully saturated rings. The van der Waals surface area contributed by atoms with Crippen LogP contribution >= 0.6 is 0 Å².